The van der Waals surface area contributed by atoms with Crippen LogP contribution in [0.1, 0.15) is 31.4 Å². The van der Waals surface area contributed by atoms with E-state index in [1.807, 2.05) is 12.3 Å². The minimum absolute atomic E-state index is 0.686. The summed E-state index contributed by atoms with van der Waals surface area (Å²) < 4.78 is 0. The van der Waals surface area contributed by atoms with Crippen LogP contribution in [0.5, 0.6) is 0 Å². The van der Waals surface area contributed by atoms with Crippen molar-refractivity contribution < 1.29 is 0 Å². The lowest BCUT2D eigenvalue weighted by Crippen LogP contribution is -2.47. The summed E-state index contributed by atoms with van der Waals surface area (Å²) in [5.74, 6) is 0. The molecule has 2 atom stereocenters. The molecule has 0 radical (unpaired) electrons. The lowest BCUT2D eigenvalue weighted by Gasteiger charge is -2.36. The minimum Gasteiger partial charge on any atom is -0.308 e. The van der Waals surface area contributed by atoms with Crippen LogP contribution >= 0.6 is 0 Å². The molecule has 0 saturated carbocycles. The lowest BCUT2D eigenvalue weighted by atomic mass is 9.98. The molecule has 0 aromatic carbocycles. The monoisotopic (exact) mass is 231 g/mol. The zero-order valence-corrected chi connectivity index (χ0v) is 10.5. The molecule has 1 aromatic rings. The third-order valence-corrected chi connectivity index (χ3v) is 4.40. The molecule has 92 valence electrons. The molecule has 2 aliphatic heterocycles. The molecule has 2 fully saturated rings. The van der Waals surface area contributed by atoms with Gasteiger partial charge in [-0.3, -0.25) is 4.98 Å². The maximum atomic E-state index is 4.36. The molecule has 3 nitrogen and oxygen atoms in total. The van der Waals surface area contributed by atoms with Crippen molar-refractivity contribution in [2.24, 2.45) is 0 Å². The first-order valence-electron chi connectivity index (χ1n) is 6.68. The first kappa shape index (κ1) is 11.2. The Bertz CT molecular complexity index is 351. The van der Waals surface area contributed by atoms with Gasteiger partial charge in [0.15, 0.2) is 0 Å². The molecule has 2 bridgehead atoms. The van der Waals surface area contributed by atoms with E-state index >= 15 is 0 Å². The minimum atomic E-state index is 0.686. The number of nitrogens with one attached hydrogen (secondary N) is 1. The van der Waals surface area contributed by atoms with Crippen molar-refractivity contribution in [3.8, 4) is 0 Å². The number of hydrogen-bond acceptors (Lipinski definition) is 3. The molecular formula is C14H21N3. The van der Waals surface area contributed by atoms with Crippen molar-refractivity contribution in [2.75, 3.05) is 7.05 Å². The molecule has 1 N–H and O–H groups in total. The first-order chi connectivity index (χ1) is 8.33. The highest BCUT2D eigenvalue weighted by Crippen LogP contribution is 2.34. The summed E-state index contributed by atoms with van der Waals surface area (Å²) >= 11 is 0. The normalized spacial score (nSPS) is 32.9. The summed E-state index contributed by atoms with van der Waals surface area (Å²) in [5.41, 5.74) is 1.15. The summed E-state index contributed by atoms with van der Waals surface area (Å²) in [6.07, 6.45) is 7.26. The van der Waals surface area contributed by atoms with Gasteiger partial charge >= 0.3 is 0 Å². The van der Waals surface area contributed by atoms with Gasteiger partial charge in [-0.05, 0) is 44.9 Å². The zero-order chi connectivity index (χ0) is 11.7. The summed E-state index contributed by atoms with van der Waals surface area (Å²) in [6.45, 7) is 0.911. The van der Waals surface area contributed by atoms with Crippen LogP contribution in [0.25, 0.3) is 0 Å². The van der Waals surface area contributed by atoms with Crippen LogP contribution < -0.4 is 5.32 Å². The maximum Gasteiger partial charge on any atom is 0.0541 e. The molecule has 3 heterocycles. The number of hydrogen-bond donors (Lipinski definition) is 1. The number of pyridine rings is 1. The quantitative estimate of drug-likeness (QED) is 0.859. The summed E-state index contributed by atoms with van der Waals surface area (Å²) in [4.78, 5) is 6.94. The SMILES string of the molecule is CN1[C@H]2CC[C@H]1CC(NCc1ccccn1)C2. The van der Waals surface area contributed by atoms with Gasteiger partial charge in [-0.1, -0.05) is 6.07 Å². The van der Waals surface area contributed by atoms with E-state index in [0.29, 0.717) is 6.04 Å². The number of nitrogens with zero attached hydrogens (tertiary/aromatic N) is 2. The maximum absolute atomic E-state index is 4.36. The molecule has 0 unspecified atom stereocenters. The molecule has 17 heavy (non-hydrogen) atoms. The van der Waals surface area contributed by atoms with Crippen molar-refractivity contribution in [3.63, 3.8) is 0 Å². The fraction of sp³-hybridized carbons (Fsp3) is 0.643. The van der Waals surface area contributed by atoms with E-state index in [1.54, 1.807) is 0 Å². The Kier molecular flexibility index (Phi) is 3.12. The van der Waals surface area contributed by atoms with Crippen LogP contribution in [0.4, 0.5) is 0 Å². The van der Waals surface area contributed by atoms with Crippen molar-refractivity contribution in [2.45, 2.75) is 50.4 Å². The molecule has 0 amide bonds. The number of piperidine rings is 1. The number of fused-ring (bicyclic) bond motifs is 2. The van der Waals surface area contributed by atoms with E-state index in [2.05, 4.69) is 34.4 Å². The highest BCUT2D eigenvalue weighted by Gasteiger charge is 2.37. The Hall–Kier alpha value is -0.930. The first-order valence-corrected chi connectivity index (χ1v) is 6.68. The van der Waals surface area contributed by atoms with Crippen LogP contribution in [0.3, 0.4) is 0 Å². The fourth-order valence-electron chi connectivity index (χ4n) is 3.33. The molecular weight excluding hydrogens is 210 g/mol. The Morgan fingerprint density at radius 3 is 2.71 bits per heavy atom. The summed E-state index contributed by atoms with van der Waals surface area (Å²) in [5, 5.41) is 3.67. The Balaban J connectivity index is 1.54. The van der Waals surface area contributed by atoms with Crippen molar-refractivity contribution >= 4 is 0 Å². The topological polar surface area (TPSA) is 28.2 Å². The largest absolute Gasteiger partial charge is 0.308 e. The molecule has 2 aliphatic rings. The van der Waals surface area contributed by atoms with Crippen LogP contribution in [-0.2, 0) is 6.54 Å². The molecule has 3 rings (SSSR count). The van der Waals surface area contributed by atoms with Crippen molar-refractivity contribution in [1.82, 2.24) is 15.2 Å². The Labute approximate surface area is 103 Å². The van der Waals surface area contributed by atoms with Gasteiger partial charge in [-0.25, -0.2) is 0 Å². The van der Waals surface area contributed by atoms with E-state index < -0.39 is 0 Å². The van der Waals surface area contributed by atoms with E-state index in [1.165, 1.54) is 25.7 Å². The smallest absolute Gasteiger partial charge is 0.0541 e. The summed E-state index contributed by atoms with van der Waals surface area (Å²) in [7, 11) is 2.29. The molecule has 0 aliphatic carbocycles. The standard InChI is InChI=1S/C14H21N3/c1-17-13-5-6-14(17)9-12(8-13)16-10-11-4-2-3-7-15-11/h2-4,7,12-14,16H,5-6,8-10H2,1H3/t13-,14-/m0/s1. The third kappa shape index (κ3) is 2.35. The number of rotatable bonds is 3. The number of aromatic nitrogens is 1. The van der Waals surface area contributed by atoms with Crippen LogP contribution in [0, 0.1) is 0 Å². The predicted molar refractivity (Wildman–Crippen MR) is 68.7 cm³/mol. The Morgan fingerprint density at radius 1 is 1.29 bits per heavy atom. The van der Waals surface area contributed by atoms with Crippen LogP contribution in [0.15, 0.2) is 24.4 Å². The zero-order valence-electron chi connectivity index (χ0n) is 10.5. The molecule has 1 aromatic heterocycles. The van der Waals surface area contributed by atoms with E-state index in [-0.39, 0.29) is 0 Å². The van der Waals surface area contributed by atoms with Crippen LogP contribution in [-0.4, -0.2) is 35.1 Å². The average Bonchev–Trinajstić information content (AvgIpc) is 2.61. The Morgan fingerprint density at radius 2 is 2.06 bits per heavy atom. The predicted octanol–water partition coefficient (Wildman–Crippen LogP) is 1.80. The van der Waals surface area contributed by atoms with Gasteiger partial charge in [0.1, 0.15) is 0 Å². The average molecular weight is 231 g/mol. The van der Waals surface area contributed by atoms with Gasteiger partial charge in [0.2, 0.25) is 0 Å². The van der Waals surface area contributed by atoms with Gasteiger partial charge in [0.05, 0.1) is 5.69 Å². The second kappa shape index (κ2) is 4.75. The van der Waals surface area contributed by atoms with Crippen molar-refractivity contribution in [1.29, 1.82) is 0 Å². The van der Waals surface area contributed by atoms with Gasteiger partial charge in [0, 0.05) is 30.9 Å². The molecule has 2 saturated heterocycles. The van der Waals surface area contributed by atoms with Crippen LogP contribution in [0.2, 0.25) is 0 Å². The van der Waals surface area contributed by atoms with E-state index in [0.717, 1.165) is 24.3 Å². The van der Waals surface area contributed by atoms with Crippen molar-refractivity contribution in [3.05, 3.63) is 30.1 Å². The molecule has 3 heteroatoms. The second-order valence-corrected chi connectivity index (χ2v) is 5.42. The van der Waals surface area contributed by atoms with Gasteiger partial charge in [-0.2, -0.15) is 0 Å². The van der Waals surface area contributed by atoms with Gasteiger partial charge < -0.3 is 10.2 Å². The lowest BCUT2D eigenvalue weighted by molar-refractivity contribution is 0.148. The van der Waals surface area contributed by atoms with E-state index in [9.17, 15) is 0 Å². The van der Waals surface area contributed by atoms with Gasteiger partial charge in [-0.15, -0.1) is 0 Å². The second-order valence-electron chi connectivity index (χ2n) is 5.42. The third-order valence-electron chi connectivity index (χ3n) is 4.40. The summed E-state index contributed by atoms with van der Waals surface area (Å²) in [6, 6.07) is 8.44. The van der Waals surface area contributed by atoms with Gasteiger partial charge in [0.25, 0.3) is 0 Å². The fourth-order valence-corrected chi connectivity index (χ4v) is 3.33. The van der Waals surface area contributed by atoms with E-state index in [4.69, 9.17) is 0 Å². The molecule has 0 spiro atoms. The highest BCUT2D eigenvalue weighted by atomic mass is 15.2. The highest BCUT2D eigenvalue weighted by molar-refractivity contribution is 5.04.